The van der Waals surface area contributed by atoms with Crippen LogP contribution in [0.3, 0.4) is 0 Å². The van der Waals surface area contributed by atoms with Gasteiger partial charge in [0.1, 0.15) is 66.0 Å². The van der Waals surface area contributed by atoms with Gasteiger partial charge in [-0.15, -0.1) is 0 Å². The summed E-state index contributed by atoms with van der Waals surface area (Å²) in [6.07, 6.45) is 4.84. The summed E-state index contributed by atoms with van der Waals surface area (Å²) < 4.78 is 30.1. The second-order valence-corrected chi connectivity index (χ2v) is 30.8. The first-order chi connectivity index (χ1) is 53.0. The lowest BCUT2D eigenvalue weighted by molar-refractivity contribution is -0.870. The Balaban J connectivity index is 1.09. The van der Waals surface area contributed by atoms with Gasteiger partial charge in [0.15, 0.2) is 0 Å². The maximum absolute atomic E-state index is 16.2. The molecule has 0 aliphatic carbocycles. The highest BCUT2D eigenvalue weighted by molar-refractivity contribution is 6.00. The van der Waals surface area contributed by atoms with Crippen molar-refractivity contribution < 1.29 is 81.0 Å². The van der Waals surface area contributed by atoms with E-state index < -0.39 is 162 Å². The van der Waals surface area contributed by atoms with E-state index in [4.69, 9.17) is 9.47 Å². The van der Waals surface area contributed by atoms with Crippen LogP contribution in [0.25, 0.3) is 10.9 Å². The molecule has 6 aliphatic rings. The summed E-state index contributed by atoms with van der Waals surface area (Å²) in [6.45, 7) is 4.10. The lowest BCUT2D eigenvalue weighted by atomic mass is 9.95. The number of hydrogen-bond donors (Lipinski definition) is 11. The average Bonchev–Trinajstić information content (AvgIpc) is 1.62. The molecule has 0 spiro atoms. The molecule has 11 rings (SSSR count). The molecule has 5 aromatic rings. The number of nitrogens with one attached hydrogen (secondary N) is 10. The number of aliphatic hydroxyl groups is 1. The number of methoxy groups -OCH3 is 1. The summed E-state index contributed by atoms with van der Waals surface area (Å²) >= 11 is 0. The average molecular weight is 1530 g/mol. The highest BCUT2D eigenvalue weighted by Crippen LogP contribution is 2.33. The monoisotopic (exact) mass is 1530 g/mol. The van der Waals surface area contributed by atoms with Crippen LogP contribution in [0, 0.1) is 5.82 Å². The number of unbranched alkanes of at least 4 members (excludes halogenated alkanes) is 2. The fraction of sp³-hybridized carbons (Fsp3) is 0.506. The van der Waals surface area contributed by atoms with Crippen molar-refractivity contribution in [1.29, 1.82) is 0 Å². The van der Waals surface area contributed by atoms with Crippen LogP contribution in [0.4, 0.5) is 4.39 Å². The Hall–Kier alpha value is -10.6. The van der Waals surface area contributed by atoms with Crippen molar-refractivity contribution in [2.24, 2.45) is 0 Å². The standard InChI is InChI=1S/C81H105FN14O15/c1-49-73(102)91-64(46-85-67(98)19-11-9-13-39-96(4,5)6)75(104)88-61-42-53-16-14-17-54(40-53)45-84-70(101)48-111-66-33-38-94-72(66)77(106)92-71(50(2)97)76(105)90-62(41-52-22-27-58(110-7)28-23-52)79(108)95-37-15-34-81(95,3)80(109)83-35-32-51-20-24-55(25-21-51)60(87-69(100)31-30-68(99)86-49)18-10-8-12-36-93-47-56(43-63(78(94)107)89-74(61)103)59-44-57(82)26-29-65(59)93/h8,12,14,16-17,20-29,40,44,47,49-50,60-64,66,71-72,97H,9-11,13,15,18-19,30-39,41-43,45-46,48H2,1-7H3,(H9-,83,84,85,86,87,88,89,90,91,92,98,99,100,101,102,103,104,105,106,109)/p+1/b12-8+/t49-,50+,60+,61-,62-,63-,64+,66-,71-,72-,81-/m0/s1. The Labute approximate surface area is 645 Å². The molecule has 6 aliphatic heterocycles. The van der Waals surface area contributed by atoms with Gasteiger partial charge < -0.3 is 86.6 Å². The molecule has 1 aromatic heterocycles. The minimum absolute atomic E-state index is 0.0732. The first-order valence-electron chi connectivity index (χ1n) is 38.4. The van der Waals surface area contributed by atoms with Crippen molar-refractivity contribution in [3.05, 3.63) is 149 Å². The molecule has 11 N–H and O–H groups in total. The summed E-state index contributed by atoms with van der Waals surface area (Å²) in [7, 11) is 7.68. The summed E-state index contributed by atoms with van der Waals surface area (Å²) in [5, 5.41) is 40.1. The van der Waals surface area contributed by atoms with E-state index in [0.717, 1.165) is 39.9 Å². The van der Waals surface area contributed by atoms with E-state index >= 15 is 33.2 Å². The van der Waals surface area contributed by atoms with E-state index in [-0.39, 0.29) is 77.7 Å². The Morgan fingerprint density at radius 1 is 0.703 bits per heavy atom. The van der Waals surface area contributed by atoms with E-state index in [0.29, 0.717) is 71.0 Å². The molecule has 2 saturated heterocycles. The van der Waals surface area contributed by atoms with Crippen molar-refractivity contribution in [1.82, 2.24) is 67.5 Å². The molecule has 7 heterocycles. The molecular weight excluding hydrogens is 1430 g/mol. The second kappa shape index (κ2) is 37.9. The van der Waals surface area contributed by atoms with Crippen LogP contribution >= 0.6 is 0 Å². The van der Waals surface area contributed by atoms with Gasteiger partial charge in [-0.1, -0.05) is 72.8 Å². The van der Waals surface area contributed by atoms with E-state index in [1.54, 1.807) is 67.7 Å². The number of aromatic nitrogens is 1. The molecule has 596 valence electrons. The van der Waals surface area contributed by atoms with Gasteiger partial charge >= 0.3 is 0 Å². The van der Waals surface area contributed by atoms with Crippen LogP contribution < -0.4 is 57.9 Å². The van der Waals surface area contributed by atoms with Gasteiger partial charge in [-0.2, -0.15) is 0 Å². The molecule has 111 heavy (non-hydrogen) atoms. The number of quaternary nitrogens is 1. The zero-order chi connectivity index (χ0) is 79.7. The maximum atomic E-state index is 16.2. The minimum Gasteiger partial charge on any atom is -0.497 e. The zero-order valence-corrected chi connectivity index (χ0v) is 64.3. The van der Waals surface area contributed by atoms with Crippen molar-refractivity contribution >= 4 is 81.8 Å². The number of carbonyl (C=O) groups is 12. The van der Waals surface area contributed by atoms with E-state index in [2.05, 4.69) is 74.3 Å². The lowest BCUT2D eigenvalue weighted by Gasteiger charge is -2.37. The van der Waals surface area contributed by atoms with Crippen LogP contribution in [-0.4, -0.2) is 222 Å². The zero-order valence-electron chi connectivity index (χ0n) is 64.3. The van der Waals surface area contributed by atoms with Gasteiger partial charge in [-0.25, -0.2) is 4.39 Å². The van der Waals surface area contributed by atoms with Gasteiger partial charge in [0, 0.05) is 94.9 Å². The first kappa shape index (κ1) is 82.9. The van der Waals surface area contributed by atoms with Crippen LogP contribution in [0.15, 0.2) is 109 Å². The molecule has 4 aromatic carbocycles. The number of rotatable bonds is 12. The highest BCUT2D eigenvalue weighted by Gasteiger charge is 2.50. The molecule has 29 nitrogen and oxygen atoms in total. The number of amides is 12. The molecule has 2 fully saturated rings. The number of nitrogens with zero attached hydrogens (tertiary/aromatic N) is 4. The van der Waals surface area contributed by atoms with Crippen molar-refractivity contribution in [3.63, 3.8) is 0 Å². The number of allylic oxidation sites excluding steroid dienone is 2. The lowest BCUT2D eigenvalue weighted by Crippen LogP contribution is -2.64. The summed E-state index contributed by atoms with van der Waals surface area (Å²) in [4.78, 5) is 180. The maximum Gasteiger partial charge on any atom is 0.246 e. The number of benzene rings is 4. The van der Waals surface area contributed by atoms with E-state index in [1.165, 1.54) is 38.0 Å². The third kappa shape index (κ3) is 22.4. The fourth-order valence-electron chi connectivity index (χ4n) is 15.0. The van der Waals surface area contributed by atoms with Gasteiger partial charge in [0.2, 0.25) is 70.9 Å². The first-order valence-corrected chi connectivity index (χ1v) is 38.4. The molecule has 0 saturated carbocycles. The summed E-state index contributed by atoms with van der Waals surface area (Å²) in [5.41, 5.74) is 2.54. The van der Waals surface area contributed by atoms with Crippen LogP contribution in [0.2, 0.25) is 0 Å². The molecule has 11 atom stereocenters. The Bertz CT molecular complexity index is 4260. The number of hydrogen-bond acceptors (Lipinski definition) is 15. The molecule has 0 unspecified atom stereocenters. The van der Waals surface area contributed by atoms with Gasteiger partial charge in [-0.3, -0.25) is 57.5 Å². The Morgan fingerprint density at radius 3 is 2.17 bits per heavy atom. The van der Waals surface area contributed by atoms with Crippen LogP contribution in [0.5, 0.6) is 5.75 Å². The van der Waals surface area contributed by atoms with Crippen LogP contribution in [-0.2, 0) is 101 Å². The normalized spacial score (nSPS) is 25.6. The Morgan fingerprint density at radius 2 is 1.43 bits per heavy atom. The number of fused-ring (bicyclic) bond motifs is 16. The SMILES string of the molecule is COc1ccc(C[C@@H]2NC(=O)[C@H]([C@@H](C)O)NC(=O)[C@@H]3[C@@H]4CCN3C(=O)[C@@H]3Cc5cn(c6ccc(F)cc56)C/C=C/CC[C@@H](NC(=O)CCC(=O)N[C@@H](C)C(=O)N[C@H](CNC(=O)CCCCC[N+](C)(C)C)C(=O)N[C@@H](Cc5cccc(c5)CNC(=O)CO4)C(=O)N3)c3ccc(cc3)CCNC(=O)[C@]3(C)CCCN3C2=O)cc1. The van der Waals surface area contributed by atoms with Crippen LogP contribution in [0.1, 0.15) is 131 Å². The van der Waals surface area contributed by atoms with Crippen molar-refractivity contribution in [3.8, 4) is 5.75 Å². The van der Waals surface area contributed by atoms with Gasteiger partial charge in [-0.05, 0) is 142 Å². The second-order valence-electron chi connectivity index (χ2n) is 30.8. The largest absolute Gasteiger partial charge is 0.497 e. The molecule has 12 amide bonds. The predicted molar refractivity (Wildman–Crippen MR) is 408 cm³/mol. The number of ether oxygens (including phenoxy) is 2. The smallest absolute Gasteiger partial charge is 0.246 e. The minimum atomic E-state index is -1.86. The van der Waals surface area contributed by atoms with E-state index in [1.807, 2.05) is 41.0 Å². The molecular formula is C81H106FN14O15+. The number of halogens is 1. The summed E-state index contributed by atoms with van der Waals surface area (Å²) in [6, 6.07) is 13.1. The number of aliphatic hydroxyl groups excluding tert-OH is 1. The van der Waals surface area contributed by atoms with E-state index in [9.17, 15) is 33.9 Å². The number of carbonyl (C=O) groups excluding carboxylic acids is 12. The van der Waals surface area contributed by atoms with Gasteiger partial charge in [0.25, 0.3) is 0 Å². The topological polar surface area (TPSA) is 375 Å². The highest BCUT2D eigenvalue weighted by atomic mass is 19.1. The molecule has 0 radical (unpaired) electrons. The molecule has 30 heteroatoms. The molecule has 12 bridgehead atoms. The summed E-state index contributed by atoms with van der Waals surface area (Å²) in [5.74, 6) is -9.30. The predicted octanol–water partition coefficient (Wildman–Crippen LogP) is 2.17. The third-order valence-corrected chi connectivity index (χ3v) is 21.2. The van der Waals surface area contributed by atoms with Crippen molar-refractivity contribution in [2.75, 3.05) is 67.6 Å². The van der Waals surface area contributed by atoms with Gasteiger partial charge in [0.05, 0.1) is 53.0 Å². The Kier molecular flexibility index (Phi) is 28.3. The fourth-order valence-corrected chi connectivity index (χ4v) is 15.0. The quantitative estimate of drug-likeness (QED) is 0.0485. The van der Waals surface area contributed by atoms with Crippen molar-refractivity contribution in [2.45, 2.75) is 196 Å². The third-order valence-electron chi connectivity index (χ3n) is 21.2.